The van der Waals surface area contributed by atoms with Crippen molar-refractivity contribution in [3.63, 3.8) is 0 Å². The van der Waals surface area contributed by atoms with Crippen molar-refractivity contribution in [2.75, 3.05) is 12.9 Å². The molecular formula is C22H28N4O3S. The third kappa shape index (κ3) is 4.19. The average Bonchev–Trinajstić information content (AvgIpc) is 3.37. The first-order valence-corrected chi connectivity index (χ1v) is 11.5. The van der Waals surface area contributed by atoms with Crippen molar-refractivity contribution in [1.29, 1.82) is 0 Å². The Morgan fingerprint density at radius 1 is 1.33 bits per heavy atom. The van der Waals surface area contributed by atoms with Crippen molar-refractivity contribution < 1.29 is 13.9 Å². The first kappa shape index (κ1) is 20.8. The monoisotopic (exact) mass is 428 g/mol. The second-order valence-electron chi connectivity index (χ2n) is 7.76. The Morgan fingerprint density at radius 2 is 2.17 bits per heavy atom. The predicted octanol–water partition coefficient (Wildman–Crippen LogP) is 4.51. The van der Waals surface area contributed by atoms with Crippen LogP contribution in [-0.2, 0) is 11.3 Å². The van der Waals surface area contributed by atoms with Gasteiger partial charge < -0.3 is 14.5 Å². The molecule has 1 fully saturated rings. The zero-order valence-corrected chi connectivity index (χ0v) is 18.5. The van der Waals surface area contributed by atoms with Gasteiger partial charge in [-0.05, 0) is 37.8 Å². The lowest BCUT2D eigenvalue weighted by Crippen LogP contribution is -2.41. The number of hydrogen-bond donors (Lipinski definition) is 1. The van der Waals surface area contributed by atoms with Gasteiger partial charge in [0.2, 0.25) is 11.7 Å². The number of hydrogen-bond acceptors (Lipinski definition) is 6. The molecule has 0 unspecified atom stereocenters. The fourth-order valence-corrected chi connectivity index (χ4v) is 4.89. The van der Waals surface area contributed by atoms with Crippen molar-refractivity contribution in [3.8, 4) is 17.3 Å². The zero-order chi connectivity index (χ0) is 21.1. The zero-order valence-electron chi connectivity index (χ0n) is 17.7. The van der Waals surface area contributed by atoms with Gasteiger partial charge in [0.25, 0.3) is 0 Å². The standard InChI is InChI=1S/C22H28N4O3S/c1-4-26-21(18-12-15-9-7-11-17(28-3)20(15)29-18)24-25-22(26)30-13-19(27)23-16-10-6-5-8-14(16)2/h7,9,11-12,14,16H,4-6,8,10,13H2,1-3H3,(H,23,27)/t14-,16-/m0/s1. The van der Waals surface area contributed by atoms with Crippen molar-refractivity contribution in [2.24, 2.45) is 5.92 Å². The summed E-state index contributed by atoms with van der Waals surface area (Å²) in [6, 6.07) is 8.01. The highest BCUT2D eigenvalue weighted by Crippen LogP contribution is 2.33. The number of rotatable bonds is 7. The highest BCUT2D eigenvalue weighted by molar-refractivity contribution is 7.99. The van der Waals surface area contributed by atoms with E-state index in [0.29, 0.717) is 46.3 Å². The number of benzene rings is 1. The number of furan rings is 1. The van der Waals surface area contributed by atoms with Crippen LogP contribution in [0, 0.1) is 5.92 Å². The summed E-state index contributed by atoms with van der Waals surface area (Å²) in [5.41, 5.74) is 0.691. The van der Waals surface area contributed by atoms with Gasteiger partial charge in [0.1, 0.15) is 0 Å². The van der Waals surface area contributed by atoms with E-state index in [1.807, 2.05) is 35.8 Å². The van der Waals surface area contributed by atoms with Crippen LogP contribution in [-0.4, -0.2) is 39.6 Å². The molecule has 1 saturated carbocycles. The van der Waals surface area contributed by atoms with Crippen molar-refractivity contribution in [3.05, 3.63) is 24.3 Å². The van der Waals surface area contributed by atoms with Crippen molar-refractivity contribution in [2.45, 2.75) is 57.3 Å². The van der Waals surface area contributed by atoms with E-state index in [2.05, 4.69) is 22.4 Å². The third-order valence-electron chi connectivity index (χ3n) is 5.77. The summed E-state index contributed by atoms with van der Waals surface area (Å²) >= 11 is 1.41. The number of ether oxygens (including phenoxy) is 1. The van der Waals surface area contributed by atoms with Crippen LogP contribution in [0.3, 0.4) is 0 Å². The second-order valence-corrected chi connectivity index (χ2v) is 8.71. The molecule has 0 radical (unpaired) electrons. The summed E-state index contributed by atoms with van der Waals surface area (Å²) in [5, 5.41) is 13.5. The normalized spacial score (nSPS) is 19.2. The van der Waals surface area contributed by atoms with Gasteiger partial charge >= 0.3 is 0 Å². The Morgan fingerprint density at radius 3 is 2.93 bits per heavy atom. The summed E-state index contributed by atoms with van der Waals surface area (Å²) in [6.07, 6.45) is 4.72. The van der Waals surface area contributed by atoms with Crippen LogP contribution in [0.25, 0.3) is 22.6 Å². The first-order valence-electron chi connectivity index (χ1n) is 10.5. The molecule has 0 saturated heterocycles. The van der Waals surface area contributed by atoms with Gasteiger partial charge in [-0.3, -0.25) is 9.36 Å². The van der Waals surface area contributed by atoms with Crippen LogP contribution < -0.4 is 10.1 Å². The van der Waals surface area contributed by atoms with Crippen molar-refractivity contribution in [1.82, 2.24) is 20.1 Å². The molecule has 1 aromatic carbocycles. The van der Waals surface area contributed by atoms with Crippen LogP contribution in [0.1, 0.15) is 39.5 Å². The summed E-state index contributed by atoms with van der Waals surface area (Å²) in [5.74, 6) is 2.90. The summed E-state index contributed by atoms with van der Waals surface area (Å²) in [4.78, 5) is 12.5. The highest BCUT2D eigenvalue weighted by Gasteiger charge is 2.23. The molecule has 2 aromatic heterocycles. The Balaban J connectivity index is 1.48. The fraction of sp³-hybridized carbons (Fsp3) is 0.500. The molecule has 3 aromatic rings. The minimum Gasteiger partial charge on any atom is -0.493 e. The number of methoxy groups -OCH3 is 1. The molecule has 1 N–H and O–H groups in total. The lowest BCUT2D eigenvalue weighted by atomic mass is 9.86. The molecule has 2 atom stereocenters. The SMILES string of the molecule is CCn1c(SCC(=O)N[C@H]2CCCC[C@@H]2C)nnc1-c1cc2cccc(OC)c2o1. The van der Waals surface area contributed by atoms with E-state index in [1.54, 1.807) is 7.11 Å². The second kappa shape index (κ2) is 9.12. The van der Waals surface area contributed by atoms with Crippen LogP contribution in [0.5, 0.6) is 5.75 Å². The van der Waals surface area contributed by atoms with E-state index < -0.39 is 0 Å². The smallest absolute Gasteiger partial charge is 0.230 e. The molecule has 7 nitrogen and oxygen atoms in total. The summed E-state index contributed by atoms with van der Waals surface area (Å²) in [6.45, 7) is 4.93. The fourth-order valence-electron chi connectivity index (χ4n) is 4.08. The van der Waals surface area contributed by atoms with E-state index in [9.17, 15) is 4.79 Å². The summed E-state index contributed by atoms with van der Waals surface area (Å²) in [7, 11) is 1.62. The van der Waals surface area contributed by atoms with Gasteiger partial charge in [-0.1, -0.05) is 43.7 Å². The van der Waals surface area contributed by atoms with Gasteiger partial charge in [-0.15, -0.1) is 10.2 Å². The van der Waals surface area contributed by atoms with E-state index in [0.717, 1.165) is 11.8 Å². The number of aromatic nitrogens is 3. The molecule has 30 heavy (non-hydrogen) atoms. The number of para-hydroxylation sites is 1. The molecular weight excluding hydrogens is 400 g/mol. The number of carbonyl (C=O) groups excluding carboxylic acids is 1. The molecule has 0 bridgehead atoms. The van der Waals surface area contributed by atoms with E-state index in [4.69, 9.17) is 9.15 Å². The Kier molecular flexibility index (Phi) is 6.32. The highest BCUT2D eigenvalue weighted by atomic mass is 32.2. The number of carbonyl (C=O) groups is 1. The Bertz CT molecular complexity index is 1030. The topological polar surface area (TPSA) is 82.2 Å². The summed E-state index contributed by atoms with van der Waals surface area (Å²) < 4.78 is 13.4. The minimum atomic E-state index is 0.0550. The van der Waals surface area contributed by atoms with Gasteiger partial charge in [-0.25, -0.2) is 0 Å². The molecule has 1 aliphatic rings. The van der Waals surface area contributed by atoms with Gasteiger partial charge in [0.05, 0.1) is 12.9 Å². The largest absolute Gasteiger partial charge is 0.493 e. The quantitative estimate of drug-likeness (QED) is 0.558. The molecule has 1 aliphatic carbocycles. The number of nitrogens with zero attached hydrogens (tertiary/aromatic N) is 3. The Labute approximate surface area is 180 Å². The minimum absolute atomic E-state index is 0.0550. The number of nitrogens with one attached hydrogen (secondary N) is 1. The maximum Gasteiger partial charge on any atom is 0.230 e. The number of amides is 1. The van der Waals surface area contributed by atoms with Crippen molar-refractivity contribution >= 4 is 28.6 Å². The molecule has 1 amide bonds. The van der Waals surface area contributed by atoms with E-state index in [1.165, 1.54) is 31.0 Å². The van der Waals surface area contributed by atoms with E-state index in [-0.39, 0.29) is 11.9 Å². The van der Waals surface area contributed by atoms with Crippen LogP contribution in [0.2, 0.25) is 0 Å². The number of thioether (sulfide) groups is 1. The van der Waals surface area contributed by atoms with Crippen LogP contribution in [0.4, 0.5) is 0 Å². The number of fused-ring (bicyclic) bond motifs is 1. The maximum atomic E-state index is 12.5. The molecule has 160 valence electrons. The van der Waals surface area contributed by atoms with Gasteiger partial charge in [0.15, 0.2) is 22.2 Å². The molecule has 4 rings (SSSR count). The lowest BCUT2D eigenvalue weighted by Gasteiger charge is -2.29. The van der Waals surface area contributed by atoms with Gasteiger partial charge in [0, 0.05) is 18.0 Å². The predicted molar refractivity (Wildman–Crippen MR) is 118 cm³/mol. The molecule has 8 heteroatoms. The molecule has 0 aliphatic heterocycles. The van der Waals surface area contributed by atoms with Gasteiger partial charge in [-0.2, -0.15) is 0 Å². The Hall–Kier alpha value is -2.48. The third-order valence-corrected chi connectivity index (χ3v) is 6.74. The maximum absolute atomic E-state index is 12.5. The first-order chi connectivity index (χ1) is 14.6. The lowest BCUT2D eigenvalue weighted by molar-refractivity contribution is -0.119. The van der Waals surface area contributed by atoms with Crippen LogP contribution in [0.15, 0.2) is 33.8 Å². The molecule has 2 heterocycles. The average molecular weight is 429 g/mol. The molecule has 0 spiro atoms. The van der Waals surface area contributed by atoms with Crippen LogP contribution >= 0.6 is 11.8 Å². The van der Waals surface area contributed by atoms with E-state index >= 15 is 0 Å².